The number of carbonyl (C=O) groups is 1. The van der Waals surface area contributed by atoms with Gasteiger partial charge in [-0.05, 0) is 33.0 Å². The minimum atomic E-state index is -0.853. The molecular formula is C10H21N3O2. The lowest BCUT2D eigenvalue weighted by atomic mass is 10.1. The highest BCUT2D eigenvalue weighted by atomic mass is 16.4. The van der Waals surface area contributed by atoms with Crippen LogP contribution in [0.5, 0.6) is 0 Å². The second-order valence-electron chi connectivity index (χ2n) is 4.17. The van der Waals surface area contributed by atoms with Crippen LogP contribution in [0.1, 0.15) is 12.8 Å². The van der Waals surface area contributed by atoms with Gasteiger partial charge in [-0.3, -0.25) is 0 Å². The van der Waals surface area contributed by atoms with Crippen molar-refractivity contribution in [1.82, 2.24) is 15.1 Å². The van der Waals surface area contributed by atoms with Gasteiger partial charge in [0.1, 0.15) is 0 Å². The zero-order valence-electron chi connectivity index (χ0n) is 9.57. The van der Waals surface area contributed by atoms with E-state index < -0.39 is 6.09 Å². The maximum Gasteiger partial charge on any atom is 0.407 e. The molecule has 1 rings (SSSR count). The van der Waals surface area contributed by atoms with E-state index in [1.807, 2.05) is 0 Å². The molecule has 15 heavy (non-hydrogen) atoms. The van der Waals surface area contributed by atoms with Crippen molar-refractivity contribution in [2.45, 2.75) is 18.9 Å². The summed E-state index contributed by atoms with van der Waals surface area (Å²) in [5.74, 6) is 0. The average molecular weight is 215 g/mol. The second-order valence-corrected chi connectivity index (χ2v) is 4.17. The van der Waals surface area contributed by atoms with Crippen molar-refractivity contribution in [1.29, 1.82) is 0 Å². The lowest BCUT2D eigenvalue weighted by molar-refractivity contribution is 0.140. The van der Waals surface area contributed by atoms with Crippen molar-refractivity contribution in [2.75, 3.05) is 40.3 Å². The molecule has 0 radical (unpaired) electrons. The number of carboxylic acid groups (broad SMARTS) is 1. The fraction of sp³-hybridized carbons (Fsp3) is 0.900. The smallest absolute Gasteiger partial charge is 0.407 e. The normalized spacial score (nSPS) is 18.1. The average Bonchev–Trinajstić information content (AvgIpc) is 2.26. The maximum absolute atomic E-state index is 10.6. The van der Waals surface area contributed by atoms with Crippen molar-refractivity contribution < 1.29 is 9.90 Å². The summed E-state index contributed by atoms with van der Waals surface area (Å²) in [6, 6.07) is 0.605. The molecule has 0 saturated carbocycles. The van der Waals surface area contributed by atoms with Crippen molar-refractivity contribution in [3.05, 3.63) is 0 Å². The first kappa shape index (κ1) is 12.3. The number of amides is 1. The standard InChI is InChI=1S/C10H21N3O2/c1-12(7-8-13(2)10(14)15)9-3-5-11-6-4-9/h9,11H,3-8H2,1-2H3,(H,14,15). The van der Waals surface area contributed by atoms with Crippen LogP contribution in [0.2, 0.25) is 0 Å². The summed E-state index contributed by atoms with van der Waals surface area (Å²) in [5.41, 5.74) is 0. The molecule has 5 heteroatoms. The third-order valence-electron chi connectivity index (χ3n) is 3.05. The van der Waals surface area contributed by atoms with E-state index in [4.69, 9.17) is 5.11 Å². The quantitative estimate of drug-likeness (QED) is 0.707. The highest BCUT2D eigenvalue weighted by molar-refractivity contribution is 5.64. The molecular weight excluding hydrogens is 194 g/mol. The molecule has 0 spiro atoms. The maximum atomic E-state index is 10.6. The van der Waals surface area contributed by atoms with Crippen LogP contribution >= 0.6 is 0 Å². The predicted octanol–water partition coefficient (Wildman–Crippen LogP) is 0.280. The highest BCUT2D eigenvalue weighted by Crippen LogP contribution is 2.09. The SMILES string of the molecule is CN(CCN(C)C1CCNCC1)C(=O)O. The van der Waals surface area contributed by atoms with Crippen LogP contribution in [-0.4, -0.2) is 67.3 Å². The van der Waals surface area contributed by atoms with Gasteiger partial charge in [0.05, 0.1) is 0 Å². The Morgan fingerprint density at radius 3 is 2.47 bits per heavy atom. The van der Waals surface area contributed by atoms with Crippen LogP contribution < -0.4 is 5.32 Å². The summed E-state index contributed by atoms with van der Waals surface area (Å²) in [6.07, 6.45) is 1.47. The number of piperidine rings is 1. The van der Waals surface area contributed by atoms with Gasteiger partial charge in [0, 0.05) is 26.2 Å². The fourth-order valence-corrected chi connectivity index (χ4v) is 1.83. The molecule has 1 aliphatic heterocycles. The third-order valence-corrected chi connectivity index (χ3v) is 3.05. The van der Waals surface area contributed by atoms with Crippen molar-refractivity contribution in [3.63, 3.8) is 0 Å². The van der Waals surface area contributed by atoms with Gasteiger partial charge >= 0.3 is 6.09 Å². The van der Waals surface area contributed by atoms with Crippen LogP contribution in [-0.2, 0) is 0 Å². The van der Waals surface area contributed by atoms with Gasteiger partial charge in [0.25, 0.3) is 0 Å². The summed E-state index contributed by atoms with van der Waals surface area (Å²) in [5, 5.41) is 12.0. The minimum Gasteiger partial charge on any atom is -0.465 e. The van der Waals surface area contributed by atoms with Gasteiger partial charge in [0.15, 0.2) is 0 Å². The highest BCUT2D eigenvalue weighted by Gasteiger charge is 2.18. The molecule has 1 saturated heterocycles. The number of likely N-dealkylation sites (N-methyl/N-ethyl adjacent to an activating group) is 2. The Morgan fingerprint density at radius 2 is 1.93 bits per heavy atom. The summed E-state index contributed by atoms with van der Waals surface area (Å²) in [7, 11) is 3.68. The summed E-state index contributed by atoms with van der Waals surface area (Å²) in [6.45, 7) is 3.54. The lowest BCUT2D eigenvalue weighted by Gasteiger charge is -2.32. The third kappa shape index (κ3) is 4.05. The first-order chi connectivity index (χ1) is 7.11. The van der Waals surface area contributed by atoms with E-state index in [0.717, 1.165) is 32.5 Å². The Bertz CT molecular complexity index is 205. The van der Waals surface area contributed by atoms with Crippen LogP contribution in [0.4, 0.5) is 4.79 Å². The van der Waals surface area contributed by atoms with Crippen LogP contribution in [0.3, 0.4) is 0 Å². The molecule has 0 aliphatic carbocycles. The van der Waals surface area contributed by atoms with Crippen molar-refractivity contribution in [3.8, 4) is 0 Å². The van der Waals surface area contributed by atoms with E-state index in [0.29, 0.717) is 12.6 Å². The fourth-order valence-electron chi connectivity index (χ4n) is 1.83. The zero-order chi connectivity index (χ0) is 11.3. The van der Waals surface area contributed by atoms with Gasteiger partial charge in [-0.15, -0.1) is 0 Å². The molecule has 5 nitrogen and oxygen atoms in total. The second kappa shape index (κ2) is 5.92. The predicted molar refractivity (Wildman–Crippen MR) is 59.2 cm³/mol. The summed E-state index contributed by atoms with van der Waals surface area (Å²) < 4.78 is 0. The molecule has 0 aromatic heterocycles. The van der Waals surface area contributed by atoms with E-state index >= 15 is 0 Å². The molecule has 0 aromatic carbocycles. The summed E-state index contributed by atoms with van der Waals surface area (Å²) in [4.78, 5) is 14.2. The molecule has 2 N–H and O–H groups in total. The molecule has 1 heterocycles. The van der Waals surface area contributed by atoms with Gasteiger partial charge < -0.3 is 20.2 Å². The van der Waals surface area contributed by atoms with E-state index in [1.165, 1.54) is 4.90 Å². The lowest BCUT2D eigenvalue weighted by Crippen LogP contribution is -2.44. The van der Waals surface area contributed by atoms with E-state index in [-0.39, 0.29) is 0 Å². The van der Waals surface area contributed by atoms with E-state index in [9.17, 15) is 4.79 Å². The first-order valence-electron chi connectivity index (χ1n) is 5.46. The monoisotopic (exact) mass is 215 g/mol. The van der Waals surface area contributed by atoms with Gasteiger partial charge in [-0.25, -0.2) is 4.79 Å². The Hall–Kier alpha value is -0.810. The molecule has 0 bridgehead atoms. The van der Waals surface area contributed by atoms with Crippen LogP contribution in [0, 0.1) is 0 Å². The Labute approximate surface area is 91.0 Å². The molecule has 88 valence electrons. The molecule has 0 unspecified atom stereocenters. The van der Waals surface area contributed by atoms with Gasteiger partial charge in [-0.2, -0.15) is 0 Å². The number of nitrogens with one attached hydrogen (secondary N) is 1. The number of nitrogens with zero attached hydrogens (tertiary/aromatic N) is 2. The van der Waals surface area contributed by atoms with Crippen molar-refractivity contribution >= 4 is 6.09 Å². The van der Waals surface area contributed by atoms with E-state index in [2.05, 4.69) is 17.3 Å². The van der Waals surface area contributed by atoms with Crippen LogP contribution in [0.15, 0.2) is 0 Å². The van der Waals surface area contributed by atoms with Crippen molar-refractivity contribution in [2.24, 2.45) is 0 Å². The van der Waals surface area contributed by atoms with Gasteiger partial charge in [0.2, 0.25) is 0 Å². The van der Waals surface area contributed by atoms with Crippen LogP contribution in [0.25, 0.3) is 0 Å². The molecule has 0 aromatic rings. The molecule has 0 atom stereocenters. The number of rotatable bonds is 4. The topological polar surface area (TPSA) is 55.8 Å². The first-order valence-corrected chi connectivity index (χ1v) is 5.46. The van der Waals surface area contributed by atoms with Gasteiger partial charge in [-0.1, -0.05) is 0 Å². The number of hydrogen-bond donors (Lipinski definition) is 2. The number of hydrogen-bond acceptors (Lipinski definition) is 3. The Balaban J connectivity index is 2.22. The molecule has 1 aliphatic rings. The zero-order valence-corrected chi connectivity index (χ0v) is 9.57. The summed E-state index contributed by atoms with van der Waals surface area (Å²) >= 11 is 0. The Kier molecular flexibility index (Phi) is 4.84. The molecule has 1 fully saturated rings. The molecule has 1 amide bonds. The largest absolute Gasteiger partial charge is 0.465 e. The Morgan fingerprint density at radius 1 is 1.33 bits per heavy atom. The minimum absolute atomic E-state index is 0.579. The van der Waals surface area contributed by atoms with E-state index in [1.54, 1.807) is 7.05 Å².